The molecule has 1 aliphatic heterocycles. The Balaban J connectivity index is 0.000000460. The molecule has 3 unspecified atom stereocenters. The van der Waals surface area contributed by atoms with Gasteiger partial charge in [-0.1, -0.05) is 12.4 Å². The summed E-state index contributed by atoms with van der Waals surface area (Å²) in [5.74, 6) is 0.509. The molecule has 0 aromatic heterocycles. The molecule has 133 valence electrons. The Morgan fingerprint density at radius 3 is 2.46 bits per heavy atom. The summed E-state index contributed by atoms with van der Waals surface area (Å²) in [6.07, 6.45) is 0.0487. The van der Waals surface area contributed by atoms with Gasteiger partial charge in [-0.3, -0.25) is 9.29 Å². The zero-order valence-electron chi connectivity index (χ0n) is 13.4. The number of piperidine rings is 1. The van der Waals surface area contributed by atoms with Gasteiger partial charge in [-0.05, 0) is 33.1 Å². The Hall–Kier alpha value is -0.226. The summed E-state index contributed by atoms with van der Waals surface area (Å²) < 4.78 is 17.2. The monoisotopic (exact) mass is 433 g/mol. The number of hydrogen-bond donors (Lipinski definition) is 1. The number of amides is 1. The number of fused-ring (bicyclic) bond motifs is 1. The molecule has 4 nitrogen and oxygen atoms in total. The van der Waals surface area contributed by atoms with E-state index < -0.39 is 17.9 Å². The fraction of sp³-hybridized carbons (Fsp3) is 0.588. The molecule has 1 heterocycles. The maximum atomic E-state index is 12.0. The molecule has 3 atom stereocenters. The summed E-state index contributed by atoms with van der Waals surface area (Å²) in [5, 5.41) is 10.1. The van der Waals surface area contributed by atoms with Crippen molar-refractivity contribution >= 4 is 17.7 Å². The van der Waals surface area contributed by atoms with Crippen LogP contribution < -0.4 is 0 Å². The zero-order chi connectivity index (χ0) is 16.5. The Kier molecular flexibility index (Phi) is 9.38. The SMILES string of the molecule is C.CC(C)(C)OC(=O)N1CC2CC2C1O.Fc1c[c-]c(Cl)cc1.[Y]. The maximum absolute atomic E-state index is 12.0. The summed E-state index contributed by atoms with van der Waals surface area (Å²) in [6, 6.07) is 6.43. The van der Waals surface area contributed by atoms with E-state index in [9.17, 15) is 14.3 Å². The first-order valence-electron chi connectivity index (χ1n) is 7.18. The van der Waals surface area contributed by atoms with Crippen LogP contribution in [0.2, 0.25) is 5.02 Å². The third-order valence-corrected chi connectivity index (χ3v) is 3.71. The van der Waals surface area contributed by atoms with E-state index in [1.165, 1.54) is 23.1 Å². The molecule has 1 amide bonds. The van der Waals surface area contributed by atoms with Gasteiger partial charge in [0.1, 0.15) is 11.8 Å². The molecule has 1 radical (unpaired) electrons. The molecule has 1 aromatic rings. The summed E-state index contributed by atoms with van der Waals surface area (Å²) >= 11 is 5.39. The minimum Gasteiger partial charge on any atom is -0.444 e. The van der Waals surface area contributed by atoms with Crippen molar-refractivity contribution in [2.75, 3.05) is 6.54 Å². The van der Waals surface area contributed by atoms with E-state index in [1.807, 2.05) is 20.8 Å². The average Bonchev–Trinajstić information content (AvgIpc) is 3.10. The summed E-state index contributed by atoms with van der Waals surface area (Å²) in [6.45, 7) is 6.14. The van der Waals surface area contributed by atoms with Crippen LogP contribution in [-0.2, 0) is 37.4 Å². The van der Waals surface area contributed by atoms with Crippen LogP contribution in [0.25, 0.3) is 0 Å². The molecule has 3 rings (SSSR count). The third-order valence-electron chi connectivity index (χ3n) is 3.48. The van der Waals surface area contributed by atoms with E-state index in [0.717, 1.165) is 6.42 Å². The number of carbonyl (C=O) groups excluding carboxylic acids is 1. The first-order chi connectivity index (χ1) is 10.2. The van der Waals surface area contributed by atoms with E-state index in [2.05, 4.69) is 6.07 Å². The Bertz CT molecular complexity index is 515. The van der Waals surface area contributed by atoms with Crippen LogP contribution in [0, 0.1) is 23.7 Å². The number of aliphatic hydroxyl groups excluding tert-OH is 1. The van der Waals surface area contributed by atoms with E-state index in [4.69, 9.17) is 16.3 Å². The molecular formula is C17H24ClFNO3Y-. The fourth-order valence-electron chi connectivity index (χ4n) is 2.33. The first kappa shape index (κ1) is 23.8. The quantitative estimate of drug-likeness (QED) is 0.627. The Labute approximate surface area is 173 Å². The second-order valence-electron chi connectivity index (χ2n) is 6.56. The van der Waals surface area contributed by atoms with E-state index in [1.54, 1.807) is 0 Å². The minimum absolute atomic E-state index is 0. The van der Waals surface area contributed by atoms with Crippen LogP contribution in [0.1, 0.15) is 34.6 Å². The number of hydrogen-bond acceptors (Lipinski definition) is 3. The van der Waals surface area contributed by atoms with Gasteiger partial charge in [0.25, 0.3) is 0 Å². The predicted octanol–water partition coefficient (Wildman–Crippen LogP) is 4.10. The fourth-order valence-corrected chi connectivity index (χ4v) is 2.45. The van der Waals surface area contributed by atoms with Gasteiger partial charge in [-0.15, -0.1) is 29.8 Å². The van der Waals surface area contributed by atoms with Gasteiger partial charge in [-0.2, -0.15) is 6.07 Å². The predicted molar refractivity (Wildman–Crippen MR) is 87.5 cm³/mol. The number of nitrogens with zero attached hydrogens (tertiary/aromatic N) is 1. The van der Waals surface area contributed by atoms with Crippen LogP contribution in [0.4, 0.5) is 9.18 Å². The van der Waals surface area contributed by atoms with Gasteiger partial charge < -0.3 is 9.84 Å². The second-order valence-corrected chi connectivity index (χ2v) is 6.97. The number of rotatable bonds is 0. The molecule has 1 saturated heterocycles. The molecule has 1 aromatic carbocycles. The molecule has 1 N–H and O–H groups in total. The van der Waals surface area contributed by atoms with Crippen molar-refractivity contribution in [3.8, 4) is 0 Å². The van der Waals surface area contributed by atoms with Gasteiger partial charge in [0.2, 0.25) is 0 Å². The van der Waals surface area contributed by atoms with Crippen molar-refractivity contribution in [2.24, 2.45) is 11.8 Å². The molecule has 2 aliphatic rings. The van der Waals surface area contributed by atoms with Crippen LogP contribution in [0.15, 0.2) is 18.2 Å². The van der Waals surface area contributed by atoms with Gasteiger partial charge in [0.15, 0.2) is 0 Å². The van der Waals surface area contributed by atoms with Crippen molar-refractivity contribution < 1.29 is 51.7 Å². The van der Waals surface area contributed by atoms with Crippen LogP contribution in [0.5, 0.6) is 0 Å². The topological polar surface area (TPSA) is 49.8 Å². The van der Waals surface area contributed by atoms with Crippen LogP contribution in [-0.4, -0.2) is 34.5 Å². The molecule has 0 spiro atoms. The van der Waals surface area contributed by atoms with E-state index >= 15 is 0 Å². The van der Waals surface area contributed by atoms with E-state index in [0.29, 0.717) is 23.4 Å². The smallest absolute Gasteiger partial charge is 0.412 e. The normalized spacial score (nSPS) is 23.8. The zero-order valence-corrected chi connectivity index (χ0v) is 17.0. The average molecular weight is 434 g/mol. The summed E-state index contributed by atoms with van der Waals surface area (Å²) in [4.78, 5) is 13.0. The van der Waals surface area contributed by atoms with Crippen molar-refractivity contribution in [3.05, 3.63) is 35.1 Å². The third kappa shape index (κ3) is 6.95. The Morgan fingerprint density at radius 2 is 2.08 bits per heavy atom. The molecule has 24 heavy (non-hydrogen) atoms. The molecule has 2 fully saturated rings. The summed E-state index contributed by atoms with van der Waals surface area (Å²) in [7, 11) is 0. The number of carbonyl (C=O) groups is 1. The second kappa shape index (κ2) is 9.47. The number of likely N-dealkylation sites (tertiary alicyclic amines) is 1. The van der Waals surface area contributed by atoms with Gasteiger partial charge >= 0.3 is 6.09 Å². The van der Waals surface area contributed by atoms with Crippen molar-refractivity contribution in [2.45, 2.75) is 46.4 Å². The Morgan fingerprint density at radius 1 is 1.46 bits per heavy atom. The van der Waals surface area contributed by atoms with Gasteiger partial charge in [0.05, 0.1) is 0 Å². The summed E-state index contributed by atoms with van der Waals surface area (Å²) in [5.41, 5.74) is -0.483. The number of aliphatic hydroxyl groups is 1. The molecular weight excluding hydrogens is 410 g/mol. The molecule has 1 aliphatic carbocycles. The van der Waals surface area contributed by atoms with Crippen molar-refractivity contribution in [1.82, 2.24) is 4.90 Å². The number of halogens is 2. The van der Waals surface area contributed by atoms with Crippen LogP contribution in [0.3, 0.4) is 0 Å². The maximum Gasteiger partial charge on any atom is 0.412 e. The van der Waals surface area contributed by atoms with E-state index in [-0.39, 0.29) is 46.0 Å². The number of benzene rings is 1. The molecule has 1 saturated carbocycles. The molecule has 0 bridgehead atoms. The standard InChI is InChI=1S/C10H17NO3.C6H3ClF.CH4.Y/c1-10(2,3)14-9(13)11-5-6-4-7(6)8(11)12;7-5-1-3-6(8)4-2-5;;/h6-8,12H,4-5H2,1-3H3;1,3-4H;1H4;/q;-1;;. The number of ether oxygens (including phenoxy) is 1. The van der Waals surface area contributed by atoms with Gasteiger partial charge in [0, 0.05) is 51.0 Å². The first-order valence-corrected chi connectivity index (χ1v) is 7.55. The van der Waals surface area contributed by atoms with Crippen LogP contribution >= 0.6 is 11.6 Å². The molecule has 7 heteroatoms. The largest absolute Gasteiger partial charge is 0.444 e. The minimum atomic E-state index is -0.616. The van der Waals surface area contributed by atoms with Gasteiger partial charge in [-0.25, -0.2) is 4.79 Å². The van der Waals surface area contributed by atoms with Crippen molar-refractivity contribution in [1.29, 1.82) is 0 Å². The van der Waals surface area contributed by atoms with Crippen molar-refractivity contribution in [3.63, 3.8) is 0 Å².